The Bertz CT molecular complexity index is 828. The van der Waals surface area contributed by atoms with Gasteiger partial charge < -0.3 is 10.2 Å². The summed E-state index contributed by atoms with van der Waals surface area (Å²) >= 11 is 0. The first-order chi connectivity index (χ1) is 12.6. The largest absolute Gasteiger partial charge is 0.418 e. The van der Waals surface area contributed by atoms with Crippen molar-refractivity contribution >= 4 is 17.3 Å². The van der Waals surface area contributed by atoms with Crippen molar-refractivity contribution in [3.05, 3.63) is 53.4 Å². The van der Waals surface area contributed by atoms with Crippen LogP contribution in [0.15, 0.2) is 24.3 Å². The zero-order valence-corrected chi connectivity index (χ0v) is 13.7. The van der Waals surface area contributed by atoms with E-state index in [2.05, 4.69) is 4.98 Å². The SMILES string of the molecule is CCN(CC(=O)Nc1ccccc1C(F)(F)F)c1c(F)c(F)nc(F)c1F. The summed E-state index contributed by atoms with van der Waals surface area (Å²) < 4.78 is 92.9. The van der Waals surface area contributed by atoms with Crippen LogP contribution in [0.4, 0.5) is 42.1 Å². The van der Waals surface area contributed by atoms with Gasteiger partial charge in [0.25, 0.3) is 11.9 Å². The number of carbonyl (C=O) groups is 1. The maximum atomic E-state index is 13.8. The lowest BCUT2D eigenvalue weighted by molar-refractivity contribution is -0.137. The van der Waals surface area contributed by atoms with E-state index < -0.39 is 59.1 Å². The molecular formula is C16H12F7N3O. The Morgan fingerprint density at radius 2 is 1.63 bits per heavy atom. The number of aromatic nitrogens is 1. The van der Waals surface area contributed by atoms with Gasteiger partial charge in [0.05, 0.1) is 17.8 Å². The minimum Gasteiger partial charge on any atom is -0.357 e. The number of carbonyl (C=O) groups excluding carboxylic acids is 1. The van der Waals surface area contributed by atoms with Gasteiger partial charge in [-0.05, 0) is 19.1 Å². The number of pyridine rings is 1. The number of hydrogen-bond donors (Lipinski definition) is 1. The summed E-state index contributed by atoms with van der Waals surface area (Å²) in [4.78, 5) is 15.1. The predicted molar refractivity (Wildman–Crippen MR) is 82.0 cm³/mol. The molecule has 0 aliphatic rings. The lowest BCUT2D eigenvalue weighted by Crippen LogP contribution is -2.35. The molecule has 1 aromatic heterocycles. The molecule has 2 aromatic rings. The molecule has 1 N–H and O–H groups in total. The molecule has 0 unspecified atom stereocenters. The fourth-order valence-corrected chi connectivity index (χ4v) is 2.31. The molecule has 27 heavy (non-hydrogen) atoms. The lowest BCUT2D eigenvalue weighted by Gasteiger charge is -2.24. The van der Waals surface area contributed by atoms with Crippen molar-refractivity contribution in [1.29, 1.82) is 0 Å². The number of hydrogen-bond acceptors (Lipinski definition) is 3. The van der Waals surface area contributed by atoms with Crippen LogP contribution in [0.1, 0.15) is 12.5 Å². The van der Waals surface area contributed by atoms with E-state index in [1.165, 1.54) is 13.0 Å². The third kappa shape index (κ3) is 4.47. The van der Waals surface area contributed by atoms with Crippen LogP contribution in [0.5, 0.6) is 0 Å². The van der Waals surface area contributed by atoms with Crippen LogP contribution < -0.4 is 10.2 Å². The van der Waals surface area contributed by atoms with Crippen LogP contribution in [0, 0.1) is 23.5 Å². The summed E-state index contributed by atoms with van der Waals surface area (Å²) in [7, 11) is 0. The van der Waals surface area contributed by atoms with Gasteiger partial charge in [-0.2, -0.15) is 35.7 Å². The van der Waals surface area contributed by atoms with E-state index in [0.717, 1.165) is 18.2 Å². The number of rotatable bonds is 5. The van der Waals surface area contributed by atoms with Crippen LogP contribution >= 0.6 is 0 Å². The number of para-hydroxylation sites is 1. The summed E-state index contributed by atoms with van der Waals surface area (Å²) in [5, 5.41) is 1.97. The summed E-state index contributed by atoms with van der Waals surface area (Å²) in [5.74, 6) is -8.54. The Hall–Kier alpha value is -2.85. The maximum Gasteiger partial charge on any atom is 0.418 e. The van der Waals surface area contributed by atoms with E-state index in [1.54, 1.807) is 0 Å². The Morgan fingerprint density at radius 3 is 2.15 bits per heavy atom. The first kappa shape index (κ1) is 20.5. The minimum atomic E-state index is -4.75. The van der Waals surface area contributed by atoms with Gasteiger partial charge in [-0.15, -0.1) is 0 Å². The van der Waals surface area contributed by atoms with Gasteiger partial charge in [0.1, 0.15) is 5.69 Å². The third-order valence-corrected chi connectivity index (χ3v) is 3.51. The van der Waals surface area contributed by atoms with Gasteiger partial charge >= 0.3 is 6.18 Å². The van der Waals surface area contributed by atoms with E-state index in [4.69, 9.17) is 0 Å². The normalized spacial score (nSPS) is 11.4. The van der Waals surface area contributed by atoms with Crippen molar-refractivity contribution < 1.29 is 35.5 Å². The van der Waals surface area contributed by atoms with Gasteiger partial charge in [-0.25, -0.2) is 0 Å². The van der Waals surface area contributed by atoms with E-state index in [0.29, 0.717) is 4.90 Å². The van der Waals surface area contributed by atoms with E-state index in [1.807, 2.05) is 5.32 Å². The van der Waals surface area contributed by atoms with E-state index >= 15 is 0 Å². The van der Waals surface area contributed by atoms with Crippen LogP contribution in [-0.2, 0) is 11.0 Å². The molecule has 1 amide bonds. The van der Waals surface area contributed by atoms with Crippen LogP contribution in [0.3, 0.4) is 0 Å². The van der Waals surface area contributed by atoms with Crippen molar-refractivity contribution in [1.82, 2.24) is 4.98 Å². The first-order valence-corrected chi connectivity index (χ1v) is 7.47. The quantitative estimate of drug-likeness (QED) is 0.612. The minimum absolute atomic E-state index is 0.273. The third-order valence-electron chi connectivity index (χ3n) is 3.51. The molecule has 4 nitrogen and oxygen atoms in total. The number of amides is 1. The van der Waals surface area contributed by atoms with Crippen molar-refractivity contribution in [2.24, 2.45) is 0 Å². The zero-order valence-electron chi connectivity index (χ0n) is 13.7. The molecule has 1 heterocycles. The smallest absolute Gasteiger partial charge is 0.357 e. The monoisotopic (exact) mass is 395 g/mol. The Kier molecular flexibility index (Phi) is 5.91. The van der Waals surface area contributed by atoms with Crippen molar-refractivity contribution in [2.75, 3.05) is 23.3 Å². The van der Waals surface area contributed by atoms with Gasteiger partial charge in [0.15, 0.2) is 0 Å². The van der Waals surface area contributed by atoms with Crippen molar-refractivity contribution in [3.63, 3.8) is 0 Å². The molecule has 0 bridgehead atoms. The summed E-state index contributed by atoms with van der Waals surface area (Å²) in [6.45, 7) is 0.191. The highest BCUT2D eigenvalue weighted by atomic mass is 19.4. The Labute approximate surface area is 148 Å². The first-order valence-electron chi connectivity index (χ1n) is 7.47. The highest BCUT2D eigenvalue weighted by Gasteiger charge is 2.34. The van der Waals surface area contributed by atoms with Crippen LogP contribution in [-0.4, -0.2) is 24.0 Å². The fourth-order valence-electron chi connectivity index (χ4n) is 2.31. The topological polar surface area (TPSA) is 45.2 Å². The molecule has 11 heteroatoms. The van der Waals surface area contributed by atoms with Crippen LogP contribution in [0.25, 0.3) is 0 Å². The highest BCUT2D eigenvalue weighted by Crippen LogP contribution is 2.34. The maximum absolute atomic E-state index is 13.8. The molecule has 0 atom stereocenters. The molecule has 0 fully saturated rings. The molecule has 0 aliphatic carbocycles. The summed E-state index contributed by atoms with van der Waals surface area (Å²) in [5.41, 5.74) is -2.87. The average molecular weight is 395 g/mol. The molecule has 146 valence electrons. The second kappa shape index (κ2) is 7.80. The number of nitrogens with one attached hydrogen (secondary N) is 1. The molecular weight excluding hydrogens is 383 g/mol. The number of benzene rings is 1. The number of alkyl halides is 3. The van der Waals surface area contributed by atoms with E-state index in [9.17, 15) is 35.5 Å². The second-order valence-corrected chi connectivity index (χ2v) is 5.28. The predicted octanol–water partition coefficient (Wildman–Crippen LogP) is 4.12. The summed E-state index contributed by atoms with van der Waals surface area (Å²) in [6, 6.07) is 4.09. The molecule has 2 rings (SSSR count). The fraction of sp³-hybridized carbons (Fsp3) is 0.250. The lowest BCUT2D eigenvalue weighted by atomic mass is 10.1. The summed E-state index contributed by atoms with van der Waals surface area (Å²) in [6.07, 6.45) is -4.75. The van der Waals surface area contributed by atoms with Gasteiger partial charge in [-0.1, -0.05) is 12.1 Å². The average Bonchev–Trinajstić information content (AvgIpc) is 2.58. The molecule has 0 spiro atoms. The Morgan fingerprint density at radius 1 is 1.07 bits per heavy atom. The van der Waals surface area contributed by atoms with E-state index in [-0.39, 0.29) is 6.54 Å². The van der Waals surface area contributed by atoms with Gasteiger partial charge in [-0.3, -0.25) is 4.79 Å². The van der Waals surface area contributed by atoms with Crippen LogP contribution in [0.2, 0.25) is 0 Å². The van der Waals surface area contributed by atoms with Crippen molar-refractivity contribution in [3.8, 4) is 0 Å². The number of nitrogens with zero attached hydrogens (tertiary/aromatic N) is 2. The molecule has 0 saturated carbocycles. The number of anilines is 2. The number of halogens is 7. The number of likely N-dealkylation sites (N-methyl/N-ethyl adjacent to an activating group) is 1. The molecule has 0 saturated heterocycles. The Balaban J connectivity index is 2.28. The zero-order chi connectivity index (χ0) is 20.4. The molecule has 0 radical (unpaired) electrons. The van der Waals surface area contributed by atoms with Gasteiger partial charge in [0, 0.05) is 6.54 Å². The van der Waals surface area contributed by atoms with Gasteiger partial charge in [0.2, 0.25) is 17.5 Å². The standard InChI is InChI=1S/C16H12F7N3O/c1-2-26(13-11(17)14(19)25-15(20)12(13)18)7-10(27)24-9-6-4-3-5-8(9)16(21,22)23/h3-6H,2,7H2,1H3,(H,24,27). The molecule has 1 aromatic carbocycles. The van der Waals surface area contributed by atoms with Crippen molar-refractivity contribution in [2.45, 2.75) is 13.1 Å². The highest BCUT2D eigenvalue weighted by molar-refractivity contribution is 5.94. The molecule has 0 aliphatic heterocycles. The second-order valence-electron chi connectivity index (χ2n) is 5.28.